The van der Waals surface area contributed by atoms with Crippen molar-refractivity contribution < 1.29 is 28.0 Å². The maximum absolute atomic E-state index is 13.5. The van der Waals surface area contributed by atoms with Gasteiger partial charge in [0.05, 0.1) is 15.4 Å². The third-order valence-corrected chi connectivity index (χ3v) is 13.3. The number of thioether (sulfide) groups is 1. The molecule has 0 unspecified atom stereocenters. The van der Waals surface area contributed by atoms with E-state index in [9.17, 15) is 33.2 Å². The van der Waals surface area contributed by atoms with Crippen LogP contribution in [0.25, 0.3) is 5.57 Å². The number of nitrogens with zero attached hydrogens (tertiary/aromatic N) is 4. The normalized spacial score (nSPS) is 15.6. The van der Waals surface area contributed by atoms with Crippen molar-refractivity contribution in [2.24, 2.45) is 0 Å². The number of carboxylic acids is 1. The van der Waals surface area contributed by atoms with Crippen molar-refractivity contribution in [3.8, 4) is 0 Å². The maximum Gasteiger partial charge on any atom is 0.338 e. The number of nitrogens with one attached hydrogen (secondary N) is 2. The monoisotopic (exact) mass is 860 g/mol. The first kappa shape index (κ1) is 43.6. The van der Waals surface area contributed by atoms with E-state index in [4.69, 9.17) is 11.6 Å². The molecular weight excluding hydrogens is 812 g/mol. The van der Waals surface area contributed by atoms with Crippen LogP contribution in [0.1, 0.15) is 58.4 Å². The Morgan fingerprint density at radius 2 is 1.63 bits per heavy atom. The van der Waals surface area contributed by atoms with Crippen molar-refractivity contribution in [2.75, 3.05) is 69.3 Å². The number of carbonyl (C=O) groups is 2. The standard InChI is InChI=1S/C43H49ClN6O7S2/c1-47(2)21-20-34(29-58-36-9-4-3-5-10-36)45-41-39(43(52)53)26-37(27-40(41)50(54)55)59(56,57)46-42(51)31-14-18-35(19-15-31)49-24-22-48(23-25-49)28-32-8-6-7-11-38(32)30-12-16-33(44)17-13-30/h3-5,9-10,12-19,26-27,34,45H,6-8,11,20-25,28-29H2,1-2H3,(H,46,51)(H,52,53)/t34-/m1/s1. The first-order valence-corrected chi connectivity index (χ1v) is 22.4. The van der Waals surface area contributed by atoms with Gasteiger partial charge in [-0.25, -0.2) is 17.9 Å². The summed E-state index contributed by atoms with van der Waals surface area (Å²) in [6.45, 7) is 4.80. The molecule has 1 saturated heterocycles. The predicted molar refractivity (Wildman–Crippen MR) is 234 cm³/mol. The van der Waals surface area contributed by atoms with Gasteiger partial charge in [-0.1, -0.05) is 47.5 Å². The molecule has 16 heteroatoms. The first-order valence-electron chi connectivity index (χ1n) is 19.5. The van der Waals surface area contributed by atoms with Gasteiger partial charge in [-0.05, 0) is 118 Å². The van der Waals surface area contributed by atoms with Gasteiger partial charge in [-0.3, -0.25) is 19.8 Å². The van der Waals surface area contributed by atoms with Gasteiger partial charge in [0, 0.05) is 71.8 Å². The fourth-order valence-electron chi connectivity index (χ4n) is 7.39. The van der Waals surface area contributed by atoms with E-state index in [1.807, 2.05) is 66.2 Å². The molecular formula is C43H49ClN6O7S2. The summed E-state index contributed by atoms with van der Waals surface area (Å²) in [6, 6.07) is 25.4. The van der Waals surface area contributed by atoms with Gasteiger partial charge in [-0.2, -0.15) is 0 Å². The van der Waals surface area contributed by atoms with Crippen LogP contribution < -0.4 is 14.9 Å². The molecule has 4 aromatic rings. The molecule has 0 aromatic heterocycles. The van der Waals surface area contributed by atoms with Crippen LogP contribution in [-0.2, 0) is 10.0 Å². The number of amides is 1. The number of allylic oxidation sites excluding steroid dienone is 1. The molecule has 0 spiro atoms. The van der Waals surface area contributed by atoms with Gasteiger partial charge in [0.15, 0.2) is 0 Å². The minimum Gasteiger partial charge on any atom is -0.478 e. The number of carboxylic acid groups (broad SMARTS) is 1. The van der Waals surface area contributed by atoms with Crippen molar-refractivity contribution in [3.63, 3.8) is 0 Å². The summed E-state index contributed by atoms with van der Waals surface area (Å²) in [5.41, 5.74) is 3.44. The van der Waals surface area contributed by atoms with Gasteiger partial charge in [0.1, 0.15) is 5.69 Å². The summed E-state index contributed by atoms with van der Waals surface area (Å²) in [5, 5.41) is 26.3. The number of piperazine rings is 1. The molecule has 312 valence electrons. The average molecular weight is 861 g/mol. The number of rotatable bonds is 17. The number of hydrogen-bond acceptors (Lipinski definition) is 11. The highest BCUT2D eigenvalue weighted by molar-refractivity contribution is 7.99. The van der Waals surface area contributed by atoms with Gasteiger partial charge in [0.2, 0.25) is 0 Å². The lowest BCUT2D eigenvalue weighted by Crippen LogP contribution is -2.47. The summed E-state index contributed by atoms with van der Waals surface area (Å²) >= 11 is 7.65. The number of sulfonamides is 1. The van der Waals surface area contributed by atoms with E-state index in [-0.39, 0.29) is 11.3 Å². The van der Waals surface area contributed by atoms with Gasteiger partial charge in [0.25, 0.3) is 21.6 Å². The molecule has 1 atom stereocenters. The zero-order valence-electron chi connectivity index (χ0n) is 33.1. The van der Waals surface area contributed by atoms with Crippen molar-refractivity contribution in [2.45, 2.75) is 47.9 Å². The van der Waals surface area contributed by atoms with E-state index in [0.717, 1.165) is 73.3 Å². The zero-order valence-corrected chi connectivity index (χ0v) is 35.5. The highest BCUT2D eigenvalue weighted by Crippen LogP contribution is 2.35. The number of nitro benzene ring substituents is 1. The Kier molecular flexibility index (Phi) is 14.7. The Bertz CT molecular complexity index is 2230. The molecule has 1 heterocycles. The van der Waals surface area contributed by atoms with Gasteiger partial charge < -0.3 is 20.2 Å². The Hall–Kier alpha value is -4.93. The van der Waals surface area contributed by atoms with E-state index in [1.54, 1.807) is 12.1 Å². The van der Waals surface area contributed by atoms with E-state index < -0.39 is 49.0 Å². The number of halogens is 1. The lowest BCUT2D eigenvalue weighted by molar-refractivity contribution is -0.384. The second kappa shape index (κ2) is 19.9. The van der Waals surface area contributed by atoms with E-state index >= 15 is 0 Å². The van der Waals surface area contributed by atoms with Crippen LogP contribution in [-0.4, -0.2) is 105 Å². The lowest BCUT2D eigenvalue weighted by Gasteiger charge is -2.37. The molecule has 0 bridgehead atoms. The summed E-state index contributed by atoms with van der Waals surface area (Å²) < 4.78 is 29.1. The minimum atomic E-state index is -4.74. The Balaban J connectivity index is 1.11. The van der Waals surface area contributed by atoms with Crippen molar-refractivity contribution in [3.05, 3.63) is 128 Å². The highest BCUT2D eigenvalue weighted by Gasteiger charge is 2.31. The van der Waals surface area contributed by atoms with Crippen LogP contribution in [0.5, 0.6) is 0 Å². The van der Waals surface area contributed by atoms with Crippen LogP contribution in [0.2, 0.25) is 5.02 Å². The number of carbonyl (C=O) groups excluding carboxylic acids is 1. The number of aromatic carboxylic acids is 1. The van der Waals surface area contributed by atoms with E-state index in [1.165, 1.54) is 53.4 Å². The fourth-order valence-corrected chi connectivity index (χ4v) is 9.53. The molecule has 0 radical (unpaired) electrons. The smallest absolute Gasteiger partial charge is 0.338 e. The largest absolute Gasteiger partial charge is 0.478 e. The minimum absolute atomic E-state index is 0.0563. The Morgan fingerprint density at radius 1 is 0.949 bits per heavy atom. The number of anilines is 2. The molecule has 3 N–H and O–H groups in total. The lowest BCUT2D eigenvalue weighted by atomic mass is 9.87. The highest BCUT2D eigenvalue weighted by atomic mass is 35.5. The maximum atomic E-state index is 13.5. The molecule has 6 rings (SSSR count). The molecule has 1 aliphatic carbocycles. The van der Waals surface area contributed by atoms with Crippen LogP contribution in [0.3, 0.4) is 0 Å². The molecule has 0 saturated carbocycles. The number of benzene rings is 4. The van der Waals surface area contributed by atoms with Crippen LogP contribution in [0, 0.1) is 10.1 Å². The number of hydrogen-bond donors (Lipinski definition) is 3. The second-order valence-electron chi connectivity index (χ2n) is 15.0. The SMILES string of the molecule is CN(C)CC[C@H](CSc1ccccc1)Nc1c(C(=O)O)cc(S(=O)(=O)NC(=O)c2ccc(N3CCN(CC4=C(c5ccc(Cl)cc5)CCCC4)CC3)cc2)cc1[N+](=O)[O-]. The van der Waals surface area contributed by atoms with Crippen LogP contribution >= 0.6 is 23.4 Å². The van der Waals surface area contributed by atoms with Gasteiger partial charge >= 0.3 is 5.97 Å². The van der Waals surface area contributed by atoms with Crippen molar-refractivity contribution in [1.82, 2.24) is 14.5 Å². The molecule has 1 aliphatic heterocycles. The second-order valence-corrected chi connectivity index (χ2v) is 18.2. The summed E-state index contributed by atoms with van der Waals surface area (Å²) in [7, 11) is -0.974. The molecule has 4 aromatic carbocycles. The zero-order chi connectivity index (χ0) is 42.1. The average Bonchev–Trinajstić information content (AvgIpc) is 3.22. The van der Waals surface area contributed by atoms with E-state index in [2.05, 4.69) is 27.2 Å². The van der Waals surface area contributed by atoms with Crippen molar-refractivity contribution >= 4 is 67.9 Å². The third kappa shape index (κ3) is 11.6. The van der Waals surface area contributed by atoms with E-state index in [0.29, 0.717) is 18.7 Å². The molecule has 1 amide bonds. The summed E-state index contributed by atoms with van der Waals surface area (Å²) in [4.78, 5) is 44.2. The molecule has 1 fully saturated rings. The first-order chi connectivity index (χ1) is 28.3. The van der Waals surface area contributed by atoms with Crippen molar-refractivity contribution in [1.29, 1.82) is 0 Å². The Labute approximate surface area is 354 Å². The number of nitro groups is 1. The Morgan fingerprint density at radius 3 is 2.27 bits per heavy atom. The third-order valence-electron chi connectivity index (χ3n) is 10.6. The quantitative estimate of drug-likeness (QED) is 0.0538. The van der Waals surface area contributed by atoms with Gasteiger partial charge in [-0.15, -0.1) is 11.8 Å². The molecule has 2 aliphatic rings. The predicted octanol–water partition coefficient (Wildman–Crippen LogP) is 7.74. The van der Waals surface area contributed by atoms with Crippen LogP contribution in [0.4, 0.5) is 17.1 Å². The molecule has 13 nitrogen and oxygen atoms in total. The summed E-state index contributed by atoms with van der Waals surface area (Å²) in [5.74, 6) is -2.07. The molecule has 59 heavy (non-hydrogen) atoms. The topological polar surface area (TPSA) is 165 Å². The fraction of sp³-hybridized carbons (Fsp3) is 0.349. The summed E-state index contributed by atoms with van der Waals surface area (Å²) in [6.07, 6.45) is 5.04. The van der Waals surface area contributed by atoms with Crippen LogP contribution in [0.15, 0.2) is 106 Å².